The minimum atomic E-state index is -0.898. The molecule has 0 aliphatic carbocycles. The van der Waals surface area contributed by atoms with E-state index in [0.717, 1.165) is 12.1 Å². The van der Waals surface area contributed by atoms with Gasteiger partial charge in [-0.25, -0.2) is 4.68 Å². The Kier molecular flexibility index (Phi) is 14.0. The predicted octanol–water partition coefficient (Wildman–Crippen LogP) is 4.67. The van der Waals surface area contributed by atoms with E-state index in [9.17, 15) is 10.1 Å². The average Bonchev–Trinajstić information content (AvgIpc) is 3.33. The second-order valence-corrected chi connectivity index (χ2v) is 9.73. The summed E-state index contributed by atoms with van der Waals surface area (Å²) in [7, 11) is 0. The van der Waals surface area contributed by atoms with Crippen LogP contribution in [0.5, 0.6) is 0 Å². The minimum Gasteiger partial charge on any atom is -0.458 e. The fourth-order valence-corrected chi connectivity index (χ4v) is 5.14. The number of esters is 1. The summed E-state index contributed by atoms with van der Waals surface area (Å²) in [6.07, 6.45) is 5.98. The van der Waals surface area contributed by atoms with Crippen LogP contribution in [0.15, 0.2) is 11.3 Å². The van der Waals surface area contributed by atoms with E-state index < -0.39 is 24.2 Å². The number of hydrogen-bond acceptors (Lipinski definition) is 9. The molecule has 39 heavy (non-hydrogen) atoms. The van der Waals surface area contributed by atoms with Gasteiger partial charge in [0.1, 0.15) is 12.2 Å². The molecule has 10 atom stereocenters. The van der Waals surface area contributed by atoms with E-state index in [0.29, 0.717) is 12.3 Å². The summed E-state index contributed by atoms with van der Waals surface area (Å²) in [5.41, 5.74) is 9.51. The van der Waals surface area contributed by atoms with Gasteiger partial charge in [-0.15, -0.1) is 17.4 Å². The summed E-state index contributed by atoms with van der Waals surface area (Å²) >= 11 is 0. The van der Waals surface area contributed by atoms with Crippen LogP contribution >= 0.6 is 0 Å². The van der Waals surface area contributed by atoms with Crippen LogP contribution in [0, 0.1) is 59.7 Å². The summed E-state index contributed by atoms with van der Waals surface area (Å²) in [6, 6.07) is 3.81. The number of rotatable bonds is 5. The molecule has 2 fully saturated rings. The average molecular weight is 541 g/mol. The SMILES string of the molecule is C#CC.CC[C@H]1O[C@@H](C#N)[C@H](C)[C@@H](n2cc(C)nn2)[C@H]1C.CC[C@H]1O[C@@H](C#N)[C@H](OC(C)=O)[C@@H](N=[N+]=[N-])[C@H]1C. The molecule has 0 bridgehead atoms. The Hall–Kier alpha value is -3.62. The van der Waals surface area contributed by atoms with Gasteiger partial charge in [0.05, 0.1) is 42.1 Å². The molecule has 1 aromatic heterocycles. The number of hydrogen-bond donors (Lipinski definition) is 0. The predicted molar refractivity (Wildman–Crippen MR) is 143 cm³/mol. The Labute approximate surface area is 231 Å². The van der Waals surface area contributed by atoms with Crippen molar-refractivity contribution in [2.75, 3.05) is 0 Å². The lowest BCUT2D eigenvalue weighted by Gasteiger charge is -2.42. The molecule has 0 aromatic carbocycles. The number of aromatic nitrogens is 3. The van der Waals surface area contributed by atoms with Crippen molar-refractivity contribution in [3.63, 3.8) is 0 Å². The smallest absolute Gasteiger partial charge is 0.303 e. The first-order valence-corrected chi connectivity index (χ1v) is 13.1. The van der Waals surface area contributed by atoms with Crippen LogP contribution in [0.3, 0.4) is 0 Å². The number of carbonyl (C=O) groups excluding carboxylic acids is 1. The van der Waals surface area contributed by atoms with Crippen LogP contribution in [-0.4, -0.2) is 57.5 Å². The fourth-order valence-electron chi connectivity index (χ4n) is 5.14. The highest BCUT2D eigenvalue weighted by molar-refractivity contribution is 5.66. The molecule has 2 aliphatic heterocycles. The molecule has 3 rings (SSSR count). The van der Waals surface area contributed by atoms with Crippen molar-refractivity contribution in [1.82, 2.24) is 15.0 Å². The Morgan fingerprint density at radius 1 is 1.15 bits per heavy atom. The van der Waals surface area contributed by atoms with Crippen molar-refractivity contribution in [1.29, 1.82) is 10.5 Å². The van der Waals surface area contributed by atoms with Gasteiger partial charge in [0.2, 0.25) is 0 Å². The van der Waals surface area contributed by atoms with Crippen molar-refractivity contribution in [3.8, 4) is 24.5 Å². The molecule has 0 N–H and O–H groups in total. The van der Waals surface area contributed by atoms with Crippen LogP contribution in [0.2, 0.25) is 0 Å². The maximum Gasteiger partial charge on any atom is 0.303 e. The van der Waals surface area contributed by atoms with Crippen LogP contribution in [-0.2, 0) is 19.0 Å². The molecular formula is C27H40N8O4. The highest BCUT2D eigenvalue weighted by atomic mass is 16.6. The van der Waals surface area contributed by atoms with Crippen LogP contribution in [0.4, 0.5) is 0 Å². The van der Waals surface area contributed by atoms with Gasteiger partial charge in [0.25, 0.3) is 0 Å². The lowest BCUT2D eigenvalue weighted by molar-refractivity contribution is -0.173. The summed E-state index contributed by atoms with van der Waals surface area (Å²) in [6.45, 7) is 14.9. The van der Waals surface area contributed by atoms with E-state index in [1.54, 1.807) is 6.92 Å². The van der Waals surface area contributed by atoms with Crippen molar-refractivity contribution >= 4 is 5.97 Å². The first-order valence-electron chi connectivity index (χ1n) is 13.1. The number of nitriles is 2. The first-order chi connectivity index (χ1) is 18.5. The minimum absolute atomic E-state index is 0.111. The van der Waals surface area contributed by atoms with Crippen molar-refractivity contribution in [3.05, 3.63) is 22.3 Å². The van der Waals surface area contributed by atoms with Gasteiger partial charge >= 0.3 is 5.97 Å². The van der Waals surface area contributed by atoms with E-state index in [1.807, 2.05) is 37.7 Å². The fraction of sp³-hybridized carbons (Fsp3) is 0.741. The molecule has 1 aromatic rings. The number of carbonyl (C=O) groups is 1. The standard InChI is InChI=1S/C13H20N4O.C11H16N4O3.C3H4/c1-5-11-9(3)13(10(4)12(6-14)18-11)17-7-8(2)15-16-17;1-4-8-6(2)10(14-15-13)11(17-7(3)16)9(5-12)18-8;1-3-2/h7,9-13H,5H2,1-4H3;6,8-11H,4H2,1-3H3;1H,2H3/t9-,10-,11+,12-,13-;6-,8+,9-,10-,11-;/m00./s1. The molecule has 0 radical (unpaired) electrons. The molecule has 12 heteroatoms. The van der Waals surface area contributed by atoms with Crippen LogP contribution in [0.1, 0.15) is 73.0 Å². The maximum absolute atomic E-state index is 11.1. The van der Waals surface area contributed by atoms with Crippen molar-refractivity contribution in [2.45, 2.75) is 111 Å². The topological polar surface area (TPSA) is 172 Å². The molecule has 212 valence electrons. The summed E-state index contributed by atoms with van der Waals surface area (Å²) in [5, 5.41) is 30.2. The molecule has 0 amide bonds. The Morgan fingerprint density at radius 3 is 2.13 bits per heavy atom. The Balaban J connectivity index is 0.000000354. The quantitative estimate of drug-likeness (QED) is 0.170. The number of aryl methyl sites for hydroxylation is 1. The zero-order valence-corrected chi connectivity index (χ0v) is 24.1. The molecule has 2 aliphatic rings. The van der Waals surface area contributed by atoms with Gasteiger partial charge < -0.3 is 14.2 Å². The molecule has 12 nitrogen and oxygen atoms in total. The zero-order valence-electron chi connectivity index (χ0n) is 24.1. The number of azide groups is 1. The lowest BCUT2D eigenvalue weighted by Crippen LogP contribution is -2.53. The van der Waals surface area contributed by atoms with Gasteiger partial charge in [0.15, 0.2) is 6.10 Å². The van der Waals surface area contributed by atoms with Gasteiger partial charge in [-0.3, -0.25) is 4.79 Å². The Bertz CT molecular complexity index is 1100. The van der Waals surface area contributed by atoms with Gasteiger partial charge in [-0.2, -0.15) is 10.5 Å². The van der Waals surface area contributed by atoms with Crippen LogP contribution < -0.4 is 0 Å². The van der Waals surface area contributed by atoms with E-state index >= 15 is 0 Å². The molecule has 3 heterocycles. The van der Waals surface area contributed by atoms with Gasteiger partial charge in [0, 0.05) is 29.9 Å². The van der Waals surface area contributed by atoms with Gasteiger partial charge in [-0.05, 0) is 38.1 Å². The van der Waals surface area contributed by atoms with Gasteiger partial charge in [-0.1, -0.05) is 44.9 Å². The van der Waals surface area contributed by atoms with E-state index in [2.05, 4.69) is 59.5 Å². The highest BCUT2D eigenvalue weighted by Crippen LogP contribution is 2.39. The third-order valence-electron chi connectivity index (χ3n) is 7.02. The lowest BCUT2D eigenvalue weighted by atomic mass is 9.80. The summed E-state index contributed by atoms with van der Waals surface area (Å²) in [4.78, 5) is 13.8. The largest absolute Gasteiger partial charge is 0.458 e. The van der Waals surface area contributed by atoms with E-state index in [4.69, 9.17) is 25.0 Å². The highest BCUT2D eigenvalue weighted by Gasteiger charge is 2.45. The molecule has 0 spiro atoms. The monoisotopic (exact) mass is 540 g/mol. The third-order valence-corrected chi connectivity index (χ3v) is 7.02. The molecule has 0 saturated carbocycles. The first kappa shape index (κ1) is 33.4. The second kappa shape index (κ2) is 16.4. The molecular weight excluding hydrogens is 500 g/mol. The molecule has 0 unspecified atom stereocenters. The normalized spacial score (nSPS) is 33.2. The summed E-state index contributed by atoms with van der Waals surface area (Å²) < 4.78 is 18.4. The van der Waals surface area contributed by atoms with E-state index in [1.165, 1.54) is 6.92 Å². The number of ether oxygens (including phenoxy) is 3. The van der Waals surface area contributed by atoms with Crippen LogP contribution in [0.25, 0.3) is 10.4 Å². The number of terminal acetylenes is 1. The zero-order chi connectivity index (χ0) is 29.7. The number of nitrogens with zero attached hydrogens (tertiary/aromatic N) is 8. The third kappa shape index (κ3) is 8.70. The van der Waals surface area contributed by atoms with Crippen molar-refractivity contribution in [2.24, 2.45) is 22.9 Å². The Morgan fingerprint density at radius 2 is 1.69 bits per heavy atom. The molecule has 2 saturated heterocycles. The summed E-state index contributed by atoms with van der Waals surface area (Å²) in [5.74, 6) is 2.06. The second-order valence-electron chi connectivity index (χ2n) is 9.73. The van der Waals surface area contributed by atoms with Crippen molar-refractivity contribution < 1.29 is 19.0 Å². The van der Waals surface area contributed by atoms with E-state index in [-0.39, 0.29) is 36.2 Å². The maximum atomic E-state index is 11.1.